The number of thiazole rings is 1. The summed E-state index contributed by atoms with van der Waals surface area (Å²) in [6.07, 6.45) is 1.79. The molecule has 1 aliphatic rings. The standard InChI is InChI=1S/C19H26N4O2S/c1-13-14(2)26-17(23-13)8-9-21-19(20-3)22-12-15-6-4-7-16-18(15)25-11-5-10-24-16/h4,6-7H,5,8-12H2,1-3H3,(H2,20,21,22). The predicted octanol–water partition coefficient (Wildman–Crippen LogP) is 2.83. The van der Waals surface area contributed by atoms with Crippen molar-refractivity contribution in [3.05, 3.63) is 39.3 Å². The normalized spacial score (nSPS) is 14.0. The molecular weight excluding hydrogens is 348 g/mol. The number of aromatic nitrogens is 1. The van der Waals surface area contributed by atoms with Gasteiger partial charge in [0.1, 0.15) is 0 Å². The molecule has 1 aliphatic heterocycles. The van der Waals surface area contributed by atoms with E-state index in [0.29, 0.717) is 19.8 Å². The van der Waals surface area contributed by atoms with Gasteiger partial charge in [0.15, 0.2) is 17.5 Å². The van der Waals surface area contributed by atoms with Crippen molar-refractivity contribution in [3.8, 4) is 11.5 Å². The van der Waals surface area contributed by atoms with Crippen LogP contribution in [0.2, 0.25) is 0 Å². The van der Waals surface area contributed by atoms with Gasteiger partial charge in [-0.05, 0) is 19.9 Å². The fourth-order valence-electron chi connectivity index (χ4n) is 2.73. The molecule has 0 radical (unpaired) electrons. The van der Waals surface area contributed by atoms with E-state index in [1.165, 1.54) is 4.88 Å². The van der Waals surface area contributed by atoms with Gasteiger partial charge in [0, 0.05) is 43.4 Å². The molecule has 0 aliphatic carbocycles. The summed E-state index contributed by atoms with van der Waals surface area (Å²) >= 11 is 1.76. The number of nitrogens with zero attached hydrogens (tertiary/aromatic N) is 2. The Morgan fingerprint density at radius 2 is 2.08 bits per heavy atom. The Kier molecular flexibility index (Phi) is 6.33. The van der Waals surface area contributed by atoms with Crippen molar-refractivity contribution in [2.45, 2.75) is 33.2 Å². The second-order valence-electron chi connectivity index (χ2n) is 6.15. The number of benzene rings is 1. The molecule has 0 spiro atoms. The van der Waals surface area contributed by atoms with Crippen LogP contribution in [0.3, 0.4) is 0 Å². The van der Waals surface area contributed by atoms with Crippen molar-refractivity contribution in [1.82, 2.24) is 15.6 Å². The summed E-state index contributed by atoms with van der Waals surface area (Å²) in [6.45, 7) is 6.96. The zero-order chi connectivity index (χ0) is 18.4. The topological polar surface area (TPSA) is 67.8 Å². The van der Waals surface area contributed by atoms with E-state index in [2.05, 4.69) is 40.5 Å². The van der Waals surface area contributed by atoms with Crippen LogP contribution in [-0.2, 0) is 13.0 Å². The number of aliphatic imine (C=N–C) groups is 1. The van der Waals surface area contributed by atoms with Gasteiger partial charge >= 0.3 is 0 Å². The molecule has 2 aromatic rings. The summed E-state index contributed by atoms with van der Waals surface area (Å²) in [5.41, 5.74) is 2.19. The molecule has 0 saturated heterocycles. The van der Waals surface area contributed by atoms with E-state index >= 15 is 0 Å². The van der Waals surface area contributed by atoms with E-state index in [4.69, 9.17) is 9.47 Å². The molecule has 0 bridgehead atoms. The Labute approximate surface area is 158 Å². The zero-order valence-electron chi connectivity index (χ0n) is 15.6. The lowest BCUT2D eigenvalue weighted by Gasteiger charge is -2.15. The Bertz CT molecular complexity index is 753. The minimum atomic E-state index is 0.627. The molecule has 0 amide bonds. The summed E-state index contributed by atoms with van der Waals surface area (Å²) in [5.74, 6) is 2.42. The summed E-state index contributed by atoms with van der Waals surface area (Å²) in [7, 11) is 1.78. The Hall–Kier alpha value is -2.28. The molecule has 0 unspecified atom stereocenters. The van der Waals surface area contributed by atoms with Crippen molar-refractivity contribution in [1.29, 1.82) is 0 Å². The third kappa shape index (κ3) is 4.66. The minimum Gasteiger partial charge on any atom is -0.490 e. The molecule has 26 heavy (non-hydrogen) atoms. The molecule has 7 heteroatoms. The lowest BCUT2D eigenvalue weighted by molar-refractivity contribution is 0.296. The van der Waals surface area contributed by atoms with E-state index in [-0.39, 0.29) is 0 Å². The number of aryl methyl sites for hydroxylation is 2. The first-order valence-corrected chi connectivity index (χ1v) is 9.74. The molecule has 1 aromatic heterocycles. The van der Waals surface area contributed by atoms with Crippen LogP contribution in [-0.4, -0.2) is 37.7 Å². The fourth-order valence-corrected chi connectivity index (χ4v) is 3.66. The van der Waals surface area contributed by atoms with E-state index in [1.807, 2.05) is 12.1 Å². The van der Waals surface area contributed by atoms with E-state index in [0.717, 1.165) is 53.1 Å². The number of ether oxygens (including phenoxy) is 2. The lowest BCUT2D eigenvalue weighted by atomic mass is 10.2. The zero-order valence-corrected chi connectivity index (χ0v) is 16.4. The smallest absolute Gasteiger partial charge is 0.191 e. The van der Waals surface area contributed by atoms with Gasteiger partial charge in [-0.15, -0.1) is 11.3 Å². The van der Waals surface area contributed by atoms with Crippen molar-refractivity contribution in [3.63, 3.8) is 0 Å². The molecule has 0 saturated carbocycles. The SMILES string of the molecule is CN=C(NCCc1nc(C)c(C)s1)NCc1cccc2c1OCCCO2. The van der Waals surface area contributed by atoms with Crippen LogP contribution >= 0.6 is 11.3 Å². The molecule has 0 atom stereocenters. The van der Waals surface area contributed by atoms with Gasteiger partial charge in [-0.1, -0.05) is 12.1 Å². The minimum absolute atomic E-state index is 0.627. The van der Waals surface area contributed by atoms with E-state index in [9.17, 15) is 0 Å². The van der Waals surface area contributed by atoms with Gasteiger partial charge in [0.2, 0.25) is 0 Å². The number of guanidine groups is 1. The van der Waals surface area contributed by atoms with Crippen molar-refractivity contribution in [2.24, 2.45) is 4.99 Å². The molecule has 3 rings (SSSR count). The highest BCUT2D eigenvalue weighted by Gasteiger charge is 2.14. The van der Waals surface area contributed by atoms with Crippen molar-refractivity contribution < 1.29 is 9.47 Å². The summed E-state index contributed by atoms with van der Waals surface area (Å²) in [6, 6.07) is 6.00. The molecular formula is C19H26N4O2S. The van der Waals surface area contributed by atoms with Crippen LogP contribution in [0.1, 0.15) is 27.6 Å². The average Bonchev–Trinajstić information content (AvgIpc) is 2.84. The summed E-state index contributed by atoms with van der Waals surface area (Å²) < 4.78 is 11.6. The third-order valence-electron chi connectivity index (χ3n) is 4.23. The molecule has 2 N–H and O–H groups in total. The largest absolute Gasteiger partial charge is 0.490 e. The van der Waals surface area contributed by atoms with Crippen molar-refractivity contribution in [2.75, 3.05) is 26.8 Å². The quantitative estimate of drug-likeness (QED) is 0.622. The van der Waals surface area contributed by atoms with Gasteiger partial charge in [0.05, 0.1) is 23.9 Å². The maximum atomic E-state index is 5.87. The maximum absolute atomic E-state index is 5.87. The van der Waals surface area contributed by atoms with Crippen LogP contribution in [0.4, 0.5) is 0 Å². The first-order chi connectivity index (χ1) is 12.7. The Morgan fingerprint density at radius 1 is 1.23 bits per heavy atom. The van der Waals surface area contributed by atoms with E-state index in [1.54, 1.807) is 18.4 Å². The fraction of sp³-hybridized carbons (Fsp3) is 0.474. The maximum Gasteiger partial charge on any atom is 0.191 e. The predicted molar refractivity (Wildman–Crippen MR) is 106 cm³/mol. The monoisotopic (exact) mass is 374 g/mol. The van der Waals surface area contributed by atoms with Gasteiger partial charge in [0.25, 0.3) is 0 Å². The van der Waals surface area contributed by atoms with Gasteiger partial charge < -0.3 is 20.1 Å². The highest BCUT2D eigenvalue weighted by molar-refractivity contribution is 7.11. The third-order valence-corrected chi connectivity index (χ3v) is 5.36. The number of hydrogen-bond donors (Lipinski definition) is 2. The second kappa shape index (κ2) is 8.89. The molecule has 1 aromatic carbocycles. The number of hydrogen-bond acceptors (Lipinski definition) is 5. The average molecular weight is 375 g/mol. The first kappa shape index (κ1) is 18.5. The lowest BCUT2D eigenvalue weighted by Crippen LogP contribution is -2.37. The van der Waals surface area contributed by atoms with Gasteiger partial charge in [-0.2, -0.15) is 0 Å². The van der Waals surface area contributed by atoms with Gasteiger partial charge in [-0.3, -0.25) is 4.99 Å². The Balaban J connectivity index is 1.53. The molecule has 2 heterocycles. The highest BCUT2D eigenvalue weighted by Crippen LogP contribution is 2.33. The van der Waals surface area contributed by atoms with Crippen molar-refractivity contribution >= 4 is 17.3 Å². The van der Waals surface area contributed by atoms with Crippen LogP contribution in [0, 0.1) is 13.8 Å². The van der Waals surface area contributed by atoms with Gasteiger partial charge in [-0.25, -0.2) is 4.98 Å². The molecule has 140 valence electrons. The Morgan fingerprint density at radius 3 is 2.85 bits per heavy atom. The second-order valence-corrected chi connectivity index (χ2v) is 7.43. The number of para-hydroxylation sites is 1. The highest BCUT2D eigenvalue weighted by atomic mass is 32.1. The number of rotatable bonds is 5. The van der Waals surface area contributed by atoms with Crippen LogP contribution in [0.15, 0.2) is 23.2 Å². The van der Waals surface area contributed by atoms with Crippen LogP contribution < -0.4 is 20.1 Å². The molecule has 0 fully saturated rings. The number of nitrogens with one attached hydrogen (secondary N) is 2. The first-order valence-electron chi connectivity index (χ1n) is 8.92. The summed E-state index contributed by atoms with van der Waals surface area (Å²) in [5, 5.41) is 7.84. The van der Waals surface area contributed by atoms with Crippen LogP contribution in [0.25, 0.3) is 0 Å². The summed E-state index contributed by atoms with van der Waals surface area (Å²) in [4.78, 5) is 10.2. The van der Waals surface area contributed by atoms with Crippen LogP contribution in [0.5, 0.6) is 11.5 Å². The number of fused-ring (bicyclic) bond motifs is 1. The molecule has 6 nitrogen and oxygen atoms in total. The van der Waals surface area contributed by atoms with E-state index < -0.39 is 0 Å².